The van der Waals surface area contributed by atoms with Gasteiger partial charge in [0.15, 0.2) is 10.6 Å². The zero-order valence-electron chi connectivity index (χ0n) is 21.8. The summed E-state index contributed by atoms with van der Waals surface area (Å²) in [6, 6.07) is 13.7. The van der Waals surface area contributed by atoms with Gasteiger partial charge in [-0.2, -0.15) is 31.3 Å². The number of thiazole rings is 1. The maximum atomic E-state index is 13.0. The smallest absolute Gasteiger partial charge is 0.475 e. The normalized spacial score (nSPS) is 11.5. The Balaban J connectivity index is 0.000000566. The molecule has 0 atom stereocenters. The Labute approximate surface area is 258 Å². The maximum Gasteiger partial charge on any atom is 0.490 e. The van der Waals surface area contributed by atoms with Crippen molar-refractivity contribution in [2.75, 3.05) is 10.6 Å². The van der Waals surface area contributed by atoms with E-state index in [-0.39, 0.29) is 0 Å². The van der Waals surface area contributed by atoms with Crippen LogP contribution in [0.1, 0.15) is 21.7 Å². The van der Waals surface area contributed by atoms with Gasteiger partial charge in [-0.25, -0.2) is 14.8 Å². The highest BCUT2D eigenvalue weighted by Gasteiger charge is 2.38. The fourth-order valence-corrected chi connectivity index (χ4v) is 5.00. The third kappa shape index (κ3) is 8.67. The molecular formula is C27H18Cl2F6N6O2S. The first kappa shape index (κ1) is 32.7. The van der Waals surface area contributed by atoms with E-state index in [1.54, 1.807) is 30.6 Å². The van der Waals surface area contributed by atoms with Crippen molar-refractivity contribution in [3.63, 3.8) is 0 Å². The highest BCUT2D eigenvalue weighted by Crippen LogP contribution is 2.34. The molecule has 3 heterocycles. The topological polar surface area (TPSA) is 113 Å². The molecule has 0 unspecified atom stereocenters. The van der Waals surface area contributed by atoms with Gasteiger partial charge in [-0.05, 0) is 53.6 Å². The number of hydrogen-bond donors (Lipinski definition) is 3. The fraction of sp³-hybridized carbons (Fsp3) is 0.148. The van der Waals surface area contributed by atoms with Crippen LogP contribution in [0.2, 0.25) is 10.0 Å². The van der Waals surface area contributed by atoms with Gasteiger partial charge in [0, 0.05) is 41.1 Å². The Kier molecular flexibility index (Phi) is 10.1. The van der Waals surface area contributed by atoms with Crippen molar-refractivity contribution in [2.45, 2.75) is 25.3 Å². The fourth-order valence-electron chi connectivity index (χ4n) is 3.52. The molecule has 8 nitrogen and oxygen atoms in total. The first-order valence-corrected chi connectivity index (χ1v) is 13.8. The number of halogens is 8. The number of carboxylic acids is 1. The molecule has 0 amide bonds. The van der Waals surface area contributed by atoms with Gasteiger partial charge in [-0.15, -0.1) is 0 Å². The first-order valence-electron chi connectivity index (χ1n) is 12.2. The second-order valence-electron chi connectivity index (χ2n) is 8.75. The zero-order chi connectivity index (χ0) is 32.1. The quantitative estimate of drug-likeness (QED) is 0.148. The van der Waals surface area contributed by atoms with Gasteiger partial charge in [0.25, 0.3) is 0 Å². The van der Waals surface area contributed by atoms with Crippen LogP contribution in [0.5, 0.6) is 0 Å². The van der Waals surface area contributed by atoms with Gasteiger partial charge in [0.1, 0.15) is 10.5 Å². The van der Waals surface area contributed by atoms with Gasteiger partial charge >= 0.3 is 18.3 Å². The van der Waals surface area contributed by atoms with Gasteiger partial charge < -0.3 is 15.7 Å². The Hall–Kier alpha value is -4.21. The molecule has 2 aromatic carbocycles. The number of nitrogens with one attached hydrogen (secondary N) is 2. The number of nitrogens with zero attached hydrogens (tertiary/aromatic N) is 4. The molecule has 0 spiro atoms. The SMILES string of the molecule is FC(F)(F)c1ccc(Nc2nc(NCc3cccnc3)nc3sc(Cc4c(Cl)cccc4Cl)nc23)cc1.O=C(O)C(F)(F)F. The summed E-state index contributed by atoms with van der Waals surface area (Å²) in [4.78, 5) is 27.4. The van der Waals surface area contributed by atoms with E-state index >= 15 is 0 Å². The van der Waals surface area contributed by atoms with E-state index in [0.717, 1.165) is 23.3 Å². The molecule has 0 saturated carbocycles. The van der Waals surface area contributed by atoms with Crippen molar-refractivity contribution in [2.24, 2.45) is 0 Å². The van der Waals surface area contributed by atoms with Crippen molar-refractivity contribution >= 4 is 68.3 Å². The Bertz CT molecular complexity index is 1730. The molecule has 17 heteroatoms. The predicted octanol–water partition coefficient (Wildman–Crippen LogP) is 8.39. The third-order valence-electron chi connectivity index (χ3n) is 5.58. The Morgan fingerprint density at radius 2 is 1.57 bits per heavy atom. The second-order valence-corrected chi connectivity index (χ2v) is 10.6. The molecule has 230 valence electrons. The lowest BCUT2D eigenvalue weighted by Crippen LogP contribution is -2.21. The summed E-state index contributed by atoms with van der Waals surface area (Å²) >= 11 is 14.0. The van der Waals surface area contributed by atoms with Crippen LogP contribution in [0.25, 0.3) is 10.3 Å². The number of hydrogen-bond acceptors (Lipinski definition) is 8. The van der Waals surface area contributed by atoms with Crippen molar-refractivity contribution in [1.29, 1.82) is 0 Å². The molecule has 0 bridgehead atoms. The number of pyridine rings is 1. The lowest BCUT2D eigenvalue weighted by molar-refractivity contribution is -0.192. The second kappa shape index (κ2) is 13.6. The van der Waals surface area contributed by atoms with E-state index in [1.807, 2.05) is 12.1 Å². The summed E-state index contributed by atoms with van der Waals surface area (Å²) in [5.74, 6) is -2.07. The first-order chi connectivity index (χ1) is 20.7. The summed E-state index contributed by atoms with van der Waals surface area (Å²) in [7, 11) is 0. The van der Waals surface area contributed by atoms with Gasteiger partial charge in [-0.3, -0.25) is 4.98 Å². The summed E-state index contributed by atoms with van der Waals surface area (Å²) in [6.07, 6.45) is -5.71. The molecular weight excluding hydrogens is 657 g/mol. The van der Waals surface area contributed by atoms with Crippen LogP contribution in [0.3, 0.4) is 0 Å². The van der Waals surface area contributed by atoms with Gasteiger partial charge in [0.2, 0.25) is 5.95 Å². The maximum absolute atomic E-state index is 13.0. The van der Waals surface area contributed by atoms with Crippen molar-refractivity contribution in [1.82, 2.24) is 19.9 Å². The highest BCUT2D eigenvalue weighted by atomic mass is 35.5. The largest absolute Gasteiger partial charge is 0.490 e. The number of carbonyl (C=O) groups is 1. The summed E-state index contributed by atoms with van der Waals surface area (Å²) in [5, 5.41) is 15.1. The van der Waals surface area contributed by atoms with Crippen LogP contribution >= 0.6 is 34.5 Å². The predicted molar refractivity (Wildman–Crippen MR) is 154 cm³/mol. The number of alkyl halides is 6. The summed E-state index contributed by atoms with van der Waals surface area (Å²) < 4.78 is 70.7. The molecule has 0 fully saturated rings. The summed E-state index contributed by atoms with van der Waals surface area (Å²) in [5.41, 5.74) is 1.84. The number of aromatic nitrogens is 4. The molecule has 3 N–H and O–H groups in total. The number of benzene rings is 2. The van der Waals surface area contributed by atoms with E-state index in [0.29, 0.717) is 55.8 Å². The van der Waals surface area contributed by atoms with E-state index in [2.05, 4.69) is 25.6 Å². The molecule has 0 aliphatic rings. The molecule has 5 aromatic rings. The third-order valence-corrected chi connectivity index (χ3v) is 7.24. The number of fused-ring (bicyclic) bond motifs is 1. The minimum Gasteiger partial charge on any atom is -0.475 e. The average molecular weight is 675 g/mol. The van der Waals surface area contributed by atoms with Crippen LogP contribution < -0.4 is 10.6 Å². The molecule has 0 saturated heterocycles. The van der Waals surface area contributed by atoms with Gasteiger partial charge in [0.05, 0.1) is 5.56 Å². The minimum atomic E-state index is -5.08. The van der Waals surface area contributed by atoms with E-state index < -0.39 is 23.9 Å². The number of anilines is 3. The molecule has 3 aromatic heterocycles. The standard InChI is InChI=1S/C25H17Cl2F3N6S.C2HF3O2/c26-18-4-1-5-19(27)17(18)11-20-34-21-22(33-16-8-6-15(7-9-16)25(28,29)30)35-24(36-23(21)37-20)32-13-14-3-2-10-31-12-14;3-2(4,5)1(6)7/h1-10,12H,11,13H2,(H2,32,33,35,36);(H,6,7). The van der Waals surface area contributed by atoms with Crippen LogP contribution in [-0.2, 0) is 23.9 Å². The summed E-state index contributed by atoms with van der Waals surface area (Å²) in [6.45, 7) is 0.431. The number of rotatable bonds is 7. The van der Waals surface area contributed by atoms with Crippen molar-refractivity contribution < 1.29 is 36.2 Å². The number of carboxylic acid groups (broad SMARTS) is 1. The van der Waals surface area contributed by atoms with E-state index in [1.165, 1.54) is 23.5 Å². The van der Waals surface area contributed by atoms with Crippen molar-refractivity contribution in [3.8, 4) is 0 Å². The number of aliphatic carboxylic acids is 1. The molecule has 5 rings (SSSR count). The zero-order valence-corrected chi connectivity index (χ0v) is 24.2. The minimum absolute atomic E-state index is 0.330. The van der Waals surface area contributed by atoms with Crippen LogP contribution in [0.15, 0.2) is 67.0 Å². The van der Waals surface area contributed by atoms with E-state index in [4.69, 9.17) is 38.1 Å². The van der Waals surface area contributed by atoms with Crippen LogP contribution in [-0.4, -0.2) is 37.2 Å². The van der Waals surface area contributed by atoms with E-state index in [9.17, 15) is 26.3 Å². The Morgan fingerprint density at radius 3 is 2.14 bits per heavy atom. The van der Waals surface area contributed by atoms with Gasteiger partial charge in [-0.1, -0.05) is 46.7 Å². The highest BCUT2D eigenvalue weighted by molar-refractivity contribution is 7.18. The van der Waals surface area contributed by atoms with Crippen molar-refractivity contribution in [3.05, 3.63) is 98.7 Å². The molecule has 0 aliphatic carbocycles. The molecule has 0 aliphatic heterocycles. The molecule has 44 heavy (non-hydrogen) atoms. The monoisotopic (exact) mass is 674 g/mol. The lowest BCUT2D eigenvalue weighted by Gasteiger charge is -2.11. The Morgan fingerprint density at radius 1 is 0.909 bits per heavy atom. The van der Waals surface area contributed by atoms with Crippen LogP contribution in [0.4, 0.5) is 43.8 Å². The average Bonchev–Trinajstić information content (AvgIpc) is 3.37. The lowest BCUT2D eigenvalue weighted by atomic mass is 10.1. The molecule has 0 radical (unpaired) electrons. The van der Waals surface area contributed by atoms with Crippen LogP contribution in [0, 0.1) is 0 Å².